The van der Waals surface area contributed by atoms with Gasteiger partial charge in [-0.2, -0.15) is 0 Å². The molecule has 1 aliphatic carbocycles. The number of carbonyl (C=O) groups is 1. The van der Waals surface area contributed by atoms with Crippen molar-refractivity contribution in [3.8, 4) is 22.4 Å². The molecule has 35 heavy (non-hydrogen) atoms. The quantitative estimate of drug-likeness (QED) is 0.410. The van der Waals surface area contributed by atoms with Crippen molar-refractivity contribution in [2.75, 3.05) is 0 Å². The monoisotopic (exact) mass is 473 g/mol. The van der Waals surface area contributed by atoms with E-state index in [0.717, 1.165) is 46.5 Å². The lowest BCUT2D eigenvalue weighted by Gasteiger charge is -2.28. The van der Waals surface area contributed by atoms with Crippen molar-refractivity contribution in [2.24, 2.45) is 0 Å². The van der Waals surface area contributed by atoms with Crippen molar-refractivity contribution in [3.05, 3.63) is 77.7 Å². The fourth-order valence-electron chi connectivity index (χ4n) is 5.55. The maximum atomic E-state index is 13.8. The van der Waals surface area contributed by atoms with E-state index in [1.807, 2.05) is 30.3 Å². The van der Waals surface area contributed by atoms with Crippen LogP contribution in [0.15, 0.2) is 60.7 Å². The number of aliphatic hydroxyl groups is 1. The van der Waals surface area contributed by atoms with E-state index in [2.05, 4.69) is 18.2 Å². The molecule has 3 aromatic rings. The van der Waals surface area contributed by atoms with E-state index in [4.69, 9.17) is 9.72 Å². The topological polar surface area (TPSA) is 59.4 Å². The number of pyridine rings is 1. The number of aromatic nitrogens is 1. The van der Waals surface area contributed by atoms with Crippen molar-refractivity contribution >= 4 is 5.97 Å². The summed E-state index contributed by atoms with van der Waals surface area (Å²) in [6, 6.07) is 19.0. The molecule has 5 heteroatoms. The summed E-state index contributed by atoms with van der Waals surface area (Å²) in [7, 11) is 0. The molecule has 4 nitrogen and oxygen atoms in total. The summed E-state index contributed by atoms with van der Waals surface area (Å²) in [5, 5.41) is 10.1. The number of esters is 1. The van der Waals surface area contributed by atoms with Gasteiger partial charge in [-0.05, 0) is 60.6 Å². The third-order valence-corrected chi connectivity index (χ3v) is 7.32. The number of carbonyl (C=O) groups excluding carboxylic acids is 1. The molecule has 2 atom stereocenters. The van der Waals surface area contributed by atoms with Crippen molar-refractivity contribution in [3.63, 3.8) is 0 Å². The van der Waals surface area contributed by atoms with E-state index >= 15 is 0 Å². The van der Waals surface area contributed by atoms with Gasteiger partial charge in [-0.3, -0.25) is 9.78 Å². The molecule has 0 bridgehead atoms. The number of nitrogens with zero attached hydrogens (tertiary/aromatic N) is 1. The van der Waals surface area contributed by atoms with Crippen LogP contribution in [-0.2, 0) is 16.0 Å². The fourth-order valence-corrected chi connectivity index (χ4v) is 5.55. The molecule has 2 aliphatic rings. The standard InChI is InChI=1S/C30H32FNO3/c31-23-13-11-20(12-14-23)27-19-28(21-7-3-1-4-8-21)32-30(22-9-5-2-6-10-22)26(27)16-15-25-17-24(33)18-29(34)35-25/h1,3-4,7-8,11-14,19,22,24-25,33H,2,5-6,9-10,15-18H2/t24-,25+/m1/s1. The van der Waals surface area contributed by atoms with Crippen LogP contribution in [0.3, 0.4) is 0 Å². The SMILES string of the molecule is O=C1C[C@H](O)C[C@H](CCc2c(-c3ccc(F)cc3)cc(-c3ccccc3)nc2C2CCCCC2)O1. The van der Waals surface area contributed by atoms with Crippen molar-refractivity contribution < 1.29 is 19.0 Å². The summed E-state index contributed by atoms with van der Waals surface area (Å²) >= 11 is 0. The molecule has 1 N–H and O–H groups in total. The average molecular weight is 474 g/mol. The summed E-state index contributed by atoms with van der Waals surface area (Å²) in [5.74, 6) is -0.220. The zero-order chi connectivity index (χ0) is 24.2. The Hall–Kier alpha value is -3.05. The second kappa shape index (κ2) is 10.7. The van der Waals surface area contributed by atoms with Crippen LogP contribution in [0.25, 0.3) is 22.4 Å². The molecule has 0 radical (unpaired) electrons. The molecular weight excluding hydrogens is 441 g/mol. The number of cyclic esters (lactones) is 1. The highest BCUT2D eigenvalue weighted by Crippen LogP contribution is 2.40. The van der Waals surface area contributed by atoms with Gasteiger partial charge < -0.3 is 9.84 Å². The van der Waals surface area contributed by atoms with Crippen LogP contribution in [0, 0.1) is 5.82 Å². The van der Waals surface area contributed by atoms with Gasteiger partial charge in [-0.1, -0.05) is 61.7 Å². The highest BCUT2D eigenvalue weighted by molar-refractivity contribution is 5.75. The fraction of sp³-hybridized carbons (Fsp3) is 0.400. The van der Waals surface area contributed by atoms with Crippen LogP contribution in [0.4, 0.5) is 4.39 Å². The van der Waals surface area contributed by atoms with Gasteiger partial charge in [0.05, 0.1) is 18.2 Å². The third kappa shape index (κ3) is 5.62. The van der Waals surface area contributed by atoms with E-state index in [1.54, 1.807) is 0 Å². The van der Waals surface area contributed by atoms with Gasteiger partial charge in [0.2, 0.25) is 0 Å². The largest absolute Gasteiger partial charge is 0.462 e. The van der Waals surface area contributed by atoms with E-state index in [9.17, 15) is 14.3 Å². The predicted octanol–water partition coefficient (Wildman–Crippen LogP) is 6.60. The second-order valence-electron chi connectivity index (χ2n) is 9.87. The number of hydrogen-bond donors (Lipinski definition) is 1. The summed E-state index contributed by atoms with van der Waals surface area (Å²) in [6.07, 6.45) is 6.76. The maximum absolute atomic E-state index is 13.8. The first kappa shape index (κ1) is 23.7. The second-order valence-corrected chi connectivity index (χ2v) is 9.87. The van der Waals surface area contributed by atoms with Crippen LogP contribution in [-0.4, -0.2) is 28.3 Å². The van der Waals surface area contributed by atoms with E-state index in [-0.39, 0.29) is 24.3 Å². The Labute approximate surface area is 206 Å². The number of rotatable bonds is 6. The molecule has 2 heterocycles. The van der Waals surface area contributed by atoms with E-state index < -0.39 is 6.10 Å². The predicted molar refractivity (Wildman–Crippen MR) is 134 cm³/mol. The zero-order valence-corrected chi connectivity index (χ0v) is 20.0. The first-order valence-electron chi connectivity index (χ1n) is 12.8. The average Bonchev–Trinajstić information content (AvgIpc) is 2.88. The lowest BCUT2D eigenvalue weighted by atomic mass is 9.81. The Morgan fingerprint density at radius 1 is 0.971 bits per heavy atom. The number of aliphatic hydroxyl groups excluding tert-OH is 1. The van der Waals surface area contributed by atoms with Crippen LogP contribution in [0.1, 0.15) is 68.5 Å². The van der Waals surface area contributed by atoms with Crippen LogP contribution in [0.2, 0.25) is 0 Å². The molecule has 0 spiro atoms. The van der Waals surface area contributed by atoms with Gasteiger partial charge in [0.15, 0.2) is 0 Å². The lowest BCUT2D eigenvalue weighted by molar-refractivity contribution is -0.160. The summed E-state index contributed by atoms with van der Waals surface area (Å²) in [5.41, 5.74) is 6.27. The molecule has 1 aliphatic heterocycles. The minimum atomic E-state index is -0.644. The molecule has 1 saturated carbocycles. The van der Waals surface area contributed by atoms with Gasteiger partial charge in [0.25, 0.3) is 0 Å². The first-order chi connectivity index (χ1) is 17.1. The van der Waals surface area contributed by atoms with E-state index in [0.29, 0.717) is 25.2 Å². The number of benzene rings is 2. The molecular formula is C30H32FNO3. The molecule has 1 saturated heterocycles. The summed E-state index contributed by atoms with van der Waals surface area (Å²) in [6.45, 7) is 0. The maximum Gasteiger partial charge on any atom is 0.308 e. The highest BCUT2D eigenvalue weighted by atomic mass is 19.1. The lowest BCUT2D eigenvalue weighted by Crippen LogP contribution is -2.33. The Balaban J connectivity index is 1.59. The third-order valence-electron chi connectivity index (χ3n) is 7.32. The minimum Gasteiger partial charge on any atom is -0.462 e. The smallest absolute Gasteiger partial charge is 0.308 e. The number of hydrogen-bond acceptors (Lipinski definition) is 4. The van der Waals surface area contributed by atoms with Crippen molar-refractivity contribution in [1.82, 2.24) is 4.98 Å². The van der Waals surface area contributed by atoms with Gasteiger partial charge in [-0.25, -0.2) is 4.39 Å². The van der Waals surface area contributed by atoms with Crippen molar-refractivity contribution in [1.29, 1.82) is 0 Å². The number of halogens is 1. The zero-order valence-electron chi connectivity index (χ0n) is 20.0. The molecule has 1 aromatic heterocycles. The Morgan fingerprint density at radius 3 is 2.43 bits per heavy atom. The molecule has 182 valence electrons. The molecule has 0 amide bonds. The van der Waals surface area contributed by atoms with Gasteiger partial charge in [0, 0.05) is 23.6 Å². The molecule has 0 unspecified atom stereocenters. The normalized spacial score (nSPS) is 21.0. The van der Waals surface area contributed by atoms with Crippen LogP contribution in [0.5, 0.6) is 0 Å². The Kier molecular flexibility index (Phi) is 7.24. The van der Waals surface area contributed by atoms with Crippen LogP contribution >= 0.6 is 0 Å². The molecule has 2 aromatic carbocycles. The highest BCUT2D eigenvalue weighted by Gasteiger charge is 2.29. The Morgan fingerprint density at radius 2 is 1.71 bits per heavy atom. The summed E-state index contributed by atoms with van der Waals surface area (Å²) in [4.78, 5) is 17.1. The molecule has 2 fully saturated rings. The summed E-state index contributed by atoms with van der Waals surface area (Å²) < 4.78 is 19.3. The van der Waals surface area contributed by atoms with Gasteiger partial charge in [0.1, 0.15) is 11.9 Å². The number of ether oxygens (including phenoxy) is 1. The van der Waals surface area contributed by atoms with E-state index in [1.165, 1.54) is 31.4 Å². The minimum absolute atomic E-state index is 0.0674. The van der Waals surface area contributed by atoms with Gasteiger partial charge in [-0.15, -0.1) is 0 Å². The van der Waals surface area contributed by atoms with Crippen molar-refractivity contribution in [2.45, 2.75) is 75.9 Å². The van der Waals surface area contributed by atoms with Crippen LogP contribution < -0.4 is 0 Å². The first-order valence-corrected chi connectivity index (χ1v) is 12.8. The molecule has 5 rings (SSSR count). The van der Waals surface area contributed by atoms with Gasteiger partial charge >= 0.3 is 5.97 Å². The Bertz CT molecular complexity index is 1160.